The fourth-order valence-electron chi connectivity index (χ4n) is 4.93. The first-order valence-electron chi connectivity index (χ1n) is 12.3. The number of alkyl halides is 6. The lowest BCUT2D eigenvalue weighted by Gasteiger charge is -2.21. The van der Waals surface area contributed by atoms with Gasteiger partial charge in [-0.3, -0.25) is 0 Å². The van der Waals surface area contributed by atoms with Crippen LogP contribution < -0.4 is 5.32 Å². The van der Waals surface area contributed by atoms with Crippen molar-refractivity contribution in [2.75, 3.05) is 6.54 Å². The van der Waals surface area contributed by atoms with Crippen LogP contribution in [0.1, 0.15) is 64.8 Å². The zero-order valence-corrected chi connectivity index (χ0v) is 21.7. The third-order valence-electron chi connectivity index (χ3n) is 6.84. The van der Waals surface area contributed by atoms with E-state index in [-0.39, 0.29) is 30.1 Å². The largest absolute Gasteiger partial charge is 0.416 e. The number of nitrogens with zero attached hydrogens (tertiary/aromatic N) is 1. The van der Waals surface area contributed by atoms with Gasteiger partial charge >= 0.3 is 18.4 Å². The lowest BCUT2D eigenvalue weighted by molar-refractivity contribution is -0.138. The van der Waals surface area contributed by atoms with Crippen LogP contribution in [0.15, 0.2) is 48.5 Å². The summed E-state index contributed by atoms with van der Waals surface area (Å²) in [6.07, 6.45) is -9.21. The molecule has 0 saturated carbocycles. The summed E-state index contributed by atoms with van der Waals surface area (Å²) in [6.45, 7) is 6.54. The Bertz CT molecular complexity index is 1410. The molecular weight excluding hydrogens is 525 g/mol. The minimum absolute atomic E-state index is 0.0697. The molecule has 3 nitrogen and oxygen atoms in total. The topological polar surface area (TPSA) is 32.3 Å². The molecule has 10 heteroatoms. The minimum atomic E-state index is -4.65. The molecule has 1 unspecified atom stereocenters. The van der Waals surface area contributed by atoms with Gasteiger partial charge in [-0.1, -0.05) is 31.5 Å². The van der Waals surface area contributed by atoms with Crippen LogP contribution in [0.4, 0.5) is 35.5 Å². The monoisotopic (exact) mass is 552 g/mol. The van der Waals surface area contributed by atoms with Gasteiger partial charge in [0.25, 0.3) is 0 Å². The lowest BCUT2D eigenvalue weighted by Crippen LogP contribution is -2.27. The molecule has 1 atom stereocenters. The number of carbonyl (C=O) groups excluding carboxylic acids is 1. The fourth-order valence-corrected chi connectivity index (χ4v) is 4.93. The van der Waals surface area contributed by atoms with Crippen LogP contribution in [0.2, 0.25) is 0 Å². The van der Waals surface area contributed by atoms with Gasteiger partial charge in [0.1, 0.15) is 5.82 Å². The molecule has 0 radical (unpaired) electrons. The van der Waals surface area contributed by atoms with Crippen LogP contribution in [-0.4, -0.2) is 17.5 Å². The van der Waals surface area contributed by atoms with E-state index in [1.54, 1.807) is 26.8 Å². The second kappa shape index (κ2) is 10.2. The molecule has 1 heterocycles. The van der Waals surface area contributed by atoms with Gasteiger partial charge in [0, 0.05) is 13.1 Å². The third kappa shape index (κ3) is 6.04. The van der Waals surface area contributed by atoms with Gasteiger partial charge in [-0.15, -0.1) is 0 Å². The first-order chi connectivity index (χ1) is 18.0. The maximum atomic E-state index is 14.6. The summed E-state index contributed by atoms with van der Waals surface area (Å²) in [5, 5.41) is 2.68. The summed E-state index contributed by atoms with van der Waals surface area (Å²) in [5.74, 6) is -0.601. The second-order valence-electron chi connectivity index (χ2n) is 10.2. The van der Waals surface area contributed by atoms with Crippen LogP contribution in [-0.2, 0) is 18.9 Å². The van der Waals surface area contributed by atoms with Gasteiger partial charge in [0.05, 0.1) is 17.2 Å². The maximum Gasteiger partial charge on any atom is 0.416 e. The fraction of sp³-hybridized carbons (Fsp3) is 0.345. The highest BCUT2D eigenvalue weighted by Crippen LogP contribution is 2.40. The number of benzene rings is 3. The van der Waals surface area contributed by atoms with Crippen molar-refractivity contribution in [3.8, 4) is 11.1 Å². The Balaban J connectivity index is 1.74. The molecule has 39 heavy (non-hydrogen) atoms. The Hall–Kier alpha value is -3.56. The summed E-state index contributed by atoms with van der Waals surface area (Å²) >= 11 is 0. The number of rotatable bonds is 5. The van der Waals surface area contributed by atoms with E-state index in [2.05, 4.69) is 5.32 Å². The van der Waals surface area contributed by atoms with E-state index in [1.165, 1.54) is 30.0 Å². The molecule has 1 N–H and O–H groups in total. The van der Waals surface area contributed by atoms with Crippen LogP contribution in [0.3, 0.4) is 0 Å². The van der Waals surface area contributed by atoms with E-state index < -0.39 is 41.4 Å². The van der Waals surface area contributed by atoms with E-state index in [0.29, 0.717) is 27.8 Å². The zero-order chi connectivity index (χ0) is 28.9. The molecule has 3 aromatic rings. The van der Waals surface area contributed by atoms with Crippen LogP contribution in [0.25, 0.3) is 11.1 Å². The lowest BCUT2D eigenvalue weighted by atomic mass is 9.88. The zero-order valence-electron chi connectivity index (χ0n) is 21.7. The number of halogens is 7. The summed E-state index contributed by atoms with van der Waals surface area (Å²) in [4.78, 5) is 14.1. The Kier molecular flexibility index (Phi) is 7.44. The van der Waals surface area contributed by atoms with Crippen molar-refractivity contribution in [3.05, 3.63) is 93.3 Å². The van der Waals surface area contributed by atoms with Gasteiger partial charge in [-0.25, -0.2) is 9.18 Å². The van der Waals surface area contributed by atoms with Crippen molar-refractivity contribution in [1.82, 2.24) is 10.2 Å². The number of amides is 2. The van der Waals surface area contributed by atoms with E-state index in [9.17, 15) is 35.5 Å². The Morgan fingerprint density at radius 3 is 2.18 bits per heavy atom. The molecule has 1 aliphatic rings. The van der Waals surface area contributed by atoms with Gasteiger partial charge in [-0.2, -0.15) is 26.3 Å². The summed E-state index contributed by atoms with van der Waals surface area (Å²) in [5.41, 5.74) is 0.895. The SMILES string of the molecule is Cc1cc(CN2CC(c3cc(C(F)(F)F)ccc3-c3cc(C(C)C)c(F)cc3C)NC2=O)cc(C(F)(F)F)c1. The predicted molar refractivity (Wildman–Crippen MR) is 134 cm³/mol. The molecule has 1 aliphatic heterocycles. The molecule has 0 bridgehead atoms. The normalized spacial score (nSPS) is 16.3. The smallest absolute Gasteiger partial charge is 0.329 e. The van der Waals surface area contributed by atoms with Crippen molar-refractivity contribution in [1.29, 1.82) is 0 Å². The predicted octanol–water partition coefficient (Wildman–Crippen LogP) is 8.54. The van der Waals surface area contributed by atoms with Crippen molar-refractivity contribution in [2.45, 2.75) is 58.6 Å². The highest BCUT2D eigenvalue weighted by Gasteiger charge is 2.36. The maximum absolute atomic E-state index is 14.6. The average Bonchev–Trinajstić information content (AvgIpc) is 3.17. The number of hydrogen-bond acceptors (Lipinski definition) is 1. The summed E-state index contributed by atoms with van der Waals surface area (Å²) in [6, 6.07) is 8.16. The van der Waals surface area contributed by atoms with Gasteiger partial charge < -0.3 is 10.2 Å². The van der Waals surface area contributed by atoms with Crippen molar-refractivity contribution in [3.63, 3.8) is 0 Å². The van der Waals surface area contributed by atoms with Crippen molar-refractivity contribution in [2.24, 2.45) is 0 Å². The van der Waals surface area contributed by atoms with E-state index in [4.69, 9.17) is 0 Å². The highest BCUT2D eigenvalue weighted by atomic mass is 19.4. The molecule has 1 fully saturated rings. The first-order valence-corrected chi connectivity index (χ1v) is 12.3. The first kappa shape index (κ1) is 28.4. The second-order valence-corrected chi connectivity index (χ2v) is 10.2. The molecule has 208 valence electrons. The Labute approximate surface area is 221 Å². The Morgan fingerprint density at radius 1 is 0.897 bits per heavy atom. The molecule has 0 spiro atoms. The minimum Gasteiger partial charge on any atom is -0.329 e. The van der Waals surface area contributed by atoms with Crippen molar-refractivity contribution >= 4 is 6.03 Å². The number of nitrogens with one attached hydrogen (secondary N) is 1. The Morgan fingerprint density at radius 2 is 1.56 bits per heavy atom. The number of carbonyl (C=O) groups is 1. The van der Waals surface area contributed by atoms with E-state index >= 15 is 0 Å². The molecule has 0 aliphatic carbocycles. The van der Waals surface area contributed by atoms with Crippen LogP contribution in [0, 0.1) is 19.7 Å². The highest BCUT2D eigenvalue weighted by molar-refractivity contribution is 5.79. The van der Waals surface area contributed by atoms with E-state index in [1.807, 2.05) is 0 Å². The number of hydrogen-bond donors (Lipinski definition) is 1. The third-order valence-corrected chi connectivity index (χ3v) is 6.84. The molecule has 2 amide bonds. The van der Waals surface area contributed by atoms with Crippen LogP contribution in [0.5, 0.6) is 0 Å². The molecular formula is C29H27F7N2O. The number of urea groups is 1. The standard InChI is InChI=1S/C29H27F7N2O/c1-15(2)22-12-23(17(4)9-25(22)30)21-6-5-19(28(31,32)33)11-24(21)26-14-38(27(39)37-26)13-18-7-16(3)8-20(10-18)29(34,35)36/h5-12,15,26H,13-14H2,1-4H3,(H,37,39). The molecule has 3 aromatic carbocycles. The number of aryl methyl sites for hydroxylation is 2. The van der Waals surface area contributed by atoms with E-state index in [0.717, 1.165) is 24.3 Å². The van der Waals surface area contributed by atoms with Gasteiger partial charge in [-0.05, 0) is 89.5 Å². The quantitative estimate of drug-likeness (QED) is 0.316. The molecule has 0 aromatic heterocycles. The van der Waals surface area contributed by atoms with Crippen LogP contribution >= 0.6 is 0 Å². The van der Waals surface area contributed by atoms with Crippen molar-refractivity contribution < 1.29 is 35.5 Å². The molecule has 4 rings (SSSR count). The summed E-state index contributed by atoms with van der Waals surface area (Å²) < 4.78 is 95.4. The van der Waals surface area contributed by atoms with Gasteiger partial charge in [0.2, 0.25) is 0 Å². The molecule has 1 saturated heterocycles. The van der Waals surface area contributed by atoms with Gasteiger partial charge in [0.15, 0.2) is 0 Å². The summed E-state index contributed by atoms with van der Waals surface area (Å²) in [7, 11) is 0. The average molecular weight is 553 g/mol.